The van der Waals surface area contributed by atoms with Crippen LogP contribution in [-0.2, 0) is 13.5 Å². The van der Waals surface area contributed by atoms with Crippen molar-refractivity contribution in [2.75, 3.05) is 0 Å². The van der Waals surface area contributed by atoms with Crippen molar-refractivity contribution in [1.29, 1.82) is 0 Å². The van der Waals surface area contributed by atoms with E-state index < -0.39 is 0 Å². The highest BCUT2D eigenvalue weighted by Gasteiger charge is 2.21. The predicted molar refractivity (Wildman–Crippen MR) is 85.3 cm³/mol. The van der Waals surface area contributed by atoms with E-state index in [4.69, 9.17) is 16.6 Å². The molecule has 0 saturated carbocycles. The normalized spacial score (nSPS) is 13.2. The molecule has 0 saturated heterocycles. The number of hydrogen-bond acceptors (Lipinski definition) is 3. The van der Waals surface area contributed by atoms with Gasteiger partial charge in [-0.2, -0.15) is 5.10 Å². The number of H-pyrrole nitrogens is 1. The van der Waals surface area contributed by atoms with Crippen molar-refractivity contribution in [2.24, 2.45) is 7.05 Å². The van der Waals surface area contributed by atoms with Gasteiger partial charge in [-0.3, -0.25) is 9.25 Å². The Morgan fingerprint density at radius 2 is 2.14 bits per heavy atom. The number of rotatable bonds is 3. The number of aromatic amines is 1. The molecule has 0 aliphatic heterocycles. The van der Waals surface area contributed by atoms with Gasteiger partial charge < -0.3 is 9.40 Å². The molecule has 0 fully saturated rings. The Kier molecular flexibility index (Phi) is 3.28. The van der Waals surface area contributed by atoms with E-state index in [1.165, 1.54) is 0 Å². The highest BCUT2D eigenvalue weighted by Crippen LogP contribution is 2.29. The molecule has 0 aliphatic rings. The van der Waals surface area contributed by atoms with E-state index in [1.807, 2.05) is 25.6 Å². The van der Waals surface area contributed by atoms with Gasteiger partial charge in [-0.05, 0) is 45.5 Å². The van der Waals surface area contributed by atoms with Crippen molar-refractivity contribution < 1.29 is 4.42 Å². The Morgan fingerprint density at radius 3 is 2.71 bits per heavy atom. The number of furan rings is 1. The van der Waals surface area contributed by atoms with Crippen LogP contribution in [0.3, 0.4) is 0 Å². The molecule has 6 heteroatoms. The molecule has 0 amide bonds. The second kappa shape index (κ2) is 4.87. The molecule has 1 N–H and O–H groups in total. The zero-order valence-electron chi connectivity index (χ0n) is 13.0. The molecule has 1 unspecified atom stereocenters. The van der Waals surface area contributed by atoms with Crippen LogP contribution in [-0.4, -0.2) is 19.3 Å². The van der Waals surface area contributed by atoms with Crippen LogP contribution >= 0.6 is 12.2 Å². The molecule has 3 rings (SSSR count). The quantitative estimate of drug-likeness (QED) is 0.749. The first-order valence-corrected chi connectivity index (χ1v) is 7.57. The summed E-state index contributed by atoms with van der Waals surface area (Å²) >= 11 is 5.54. The van der Waals surface area contributed by atoms with Crippen LogP contribution in [0.1, 0.15) is 42.7 Å². The summed E-state index contributed by atoms with van der Waals surface area (Å²) in [7, 11) is 1.96. The molecular weight excluding hydrogens is 284 g/mol. The number of nitrogens with one attached hydrogen (secondary N) is 1. The van der Waals surface area contributed by atoms with Crippen LogP contribution in [0.4, 0.5) is 0 Å². The third-order valence-corrected chi connectivity index (χ3v) is 4.32. The second-order valence-corrected chi connectivity index (χ2v) is 5.85. The summed E-state index contributed by atoms with van der Waals surface area (Å²) in [4.78, 5) is 3.31. The minimum absolute atomic E-state index is 0.101. The van der Waals surface area contributed by atoms with Crippen molar-refractivity contribution in [3.8, 4) is 0 Å². The fourth-order valence-corrected chi connectivity index (χ4v) is 3.39. The summed E-state index contributed by atoms with van der Waals surface area (Å²) in [5.41, 5.74) is 4.27. The van der Waals surface area contributed by atoms with Gasteiger partial charge in [-0.25, -0.2) is 0 Å². The van der Waals surface area contributed by atoms with Crippen LogP contribution < -0.4 is 0 Å². The number of fused-ring (bicyclic) bond motifs is 1. The number of nitrogens with zero attached hydrogens (tertiary/aromatic N) is 3. The van der Waals surface area contributed by atoms with Crippen LogP contribution in [0, 0.1) is 18.6 Å². The molecule has 3 heterocycles. The first-order valence-electron chi connectivity index (χ1n) is 7.17. The Bertz CT molecular complexity index is 864. The highest BCUT2D eigenvalue weighted by molar-refractivity contribution is 7.71. The van der Waals surface area contributed by atoms with Crippen molar-refractivity contribution in [3.63, 3.8) is 0 Å². The average molecular weight is 304 g/mol. The fourth-order valence-electron chi connectivity index (χ4n) is 3.05. The molecule has 0 bridgehead atoms. The zero-order chi connectivity index (χ0) is 15.3. The number of aromatic nitrogens is 4. The Balaban J connectivity index is 2.25. The Morgan fingerprint density at radius 1 is 1.43 bits per heavy atom. The van der Waals surface area contributed by atoms with Crippen molar-refractivity contribution in [3.05, 3.63) is 33.6 Å². The molecular formula is C15H20N4OS. The van der Waals surface area contributed by atoms with Gasteiger partial charge >= 0.3 is 0 Å². The molecule has 5 nitrogen and oxygen atoms in total. The molecule has 3 aromatic heterocycles. The molecule has 0 aliphatic carbocycles. The third kappa shape index (κ3) is 2.05. The van der Waals surface area contributed by atoms with Gasteiger partial charge in [-0.1, -0.05) is 6.92 Å². The van der Waals surface area contributed by atoms with Gasteiger partial charge in [0.25, 0.3) is 0 Å². The minimum atomic E-state index is 0.101. The fraction of sp³-hybridized carbons (Fsp3) is 0.467. The molecule has 112 valence electrons. The van der Waals surface area contributed by atoms with E-state index in [9.17, 15) is 0 Å². The highest BCUT2D eigenvalue weighted by atomic mass is 32.1. The van der Waals surface area contributed by atoms with Crippen LogP contribution in [0.25, 0.3) is 11.2 Å². The summed E-state index contributed by atoms with van der Waals surface area (Å²) in [6.45, 7) is 8.20. The lowest BCUT2D eigenvalue weighted by molar-refractivity contribution is 0.494. The topological polar surface area (TPSA) is 51.7 Å². The first-order chi connectivity index (χ1) is 9.93. The largest absolute Gasteiger partial charge is 0.466 e. The van der Waals surface area contributed by atoms with Gasteiger partial charge in [0.2, 0.25) is 0 Å². The first kappa shape index (κ1) is 14.1. The lowest BCUT2D eigenvalue weighted by atomic mass is 10.1. The number of imidazole rings is 1. The molecule has 0 aromatic carbocycles. The molecule has 21 heavy (non-hydrogen) atoms. The summed E-state index contributed by atoms with van der Waals surface area (Å²) in [5.74, 6) is 1.86. The summed E-state index contributed by atoms with van der Waals surface area (Å²) in [6, 6.07) is 2.18. The van der Waals surface area contributed by atoms with Gasteiger partial charge in [-0.15, -0.1) is 0 Å². The lowest BCUT2D eigenvalue weighted by Gasteiger charge is -2.14. The van der Waals surface area contributed by atoms with Gasteiger partial charge in [0.15, 0.2) is 10.4 Å². The van der Waals surface area contributed by atoms with E-state index in [-0.39, 0.29) is 6.04 Å². The minimum Gasteiger partial charge on any atom is -0.466 e. The van der Waals surface area contributed by atoms with Gasteiger partial charge in [0.05, 0.1) is 11.7 Å². The van der Waals surface area contributed by atoms with Crippen LogP contribution in [0.5, 0.6) is 0 Å². The lowest BCUT2D eigenvalue weighted by Crippen LogP contribution is -2.10. The SMILES string of the molecule is CCc1nn(C)c2c1[nH]c(=S)n2C(C)c1cc(C)oc1C. The monoisotopic (exact) mass is 304 g/mol. The van der Waals surface area contributed by atoms with Crippen molar-refractivity contribution >= 4 is 23.4 Å². The van der Waals surface area contributed by atoms with Gasteiger partial charge in [0.1, 0.15) is 17.0 Å². The van der Waals surface area contributed by atoms with Crippen LogP contribution in [0.15, 0.2) is 10.5 Å². The third-order valence-electron chi connectivity index (χ3n) is 4.02. The van der Waals surface area contributed by atoms with Gasteiger partial charge in [0, 0.05) is 12.6 Å². The Labute approximate surface area is 128 Å². The van der Waals surface area contributed by atoms with E-state index in [0.29, 0.717) is 0 Å². The van der Waals surface area contributed by atoms with E-state index in [2.05, 4.69) is 34.6 Å². The van der Waals surface area contributed by atoms with Crippen molar-refractivity contribution in [2.45, 2.75) is 40.2 Å². The summed E-state index contributed by atoms with van der Waals surface area (Å²) in [5, 5.41) is 4.57. The maximum atomic E-state index is 5.66. The Hall–Kier alpha value is -1.82. The maximum absolute atomic E-state index is 5.66. The second-order valence-electron chi connectivity index (χ2n) is 5.47. The standard InChI is InChI=1S/C15H20N4OS/c1-6-12-13-14(18(5)17-12)19(15(21)16-13)9(3)11-7-8(2)20-10(11)4/h7,9H,6H2,1-5H3,(H,16,21). The number of hydrogen-bond donors (Lipinski definition) is 1. The van der Waals surface area contributed by atoms with E-state index in [1.54, 1.807) is 0 Å². The summed E-state index contributed by atoms with van der Waals surface area (Å²) in [6.07, 6.45) is 0.880. The van der Waals surface area contributed by atoms with E-state index in [0.717, 1.165) is 45.1 Å². The molecule has 1 atom stereocenters. The molecule has 3 aromatic rings. The molecule has 0 radical (unpaired) electrons. The smallest absolute Gasteiger partial charge is 0.179 e. The van der Waals surface area contributed by atoms with Crippen molar-refractivity contribution in [1.82, 2.24) is 19.3 Å². The van der Waals surface area contributed by atoms with Crippen LogP contribution in [0.2, 0.25) is 0 Å². The molecule has 0 spiro atoms. The predicted octanol–water partition coefficient (Wildman–Crippen LogP) is 3.81. The average Bonchev–Trinajstić information content (AvgIpc) is 3.03. The maximum Gasteiger partial charge on any atom is 0.179 e. The zero-order valence-corrected chi connectivity index (χ0v) is 13.8. The summed E-state index contributed by atoms with van der Waals surface area (Å²) < 4.78 is 10.4. The number of aryl methyl sites for hydroxylation is 4. The van der Waals surface area contributed by atoms with E-state index >= 15 is 0 Å².